The molecule has 7 aromatic rings. The summed E-state index contributed by atoms with van der Waals surface area (Å²) in [6, 6.07) is 40.1. The van der Waals surface area contributed by atoms with Crippen LogP contribution in [0, 0.1) is 0 Å². The molecular formula is C32H21NO. The number of fused-ring (bicyclic) bond motifs is 7. The lowest BCUT2D eigenvalue weighted by atomic mass is 9.97. The third-order valence-corrected chi connectivity index (χ3v) is 7.00. The number of nitrogens with zero attached hydrogens (tertiary/aromatic N) is 1. The Bertz CT molecular complexity index is 1960. The number of benzene rings is 6. The zero-order chi connectivity index (χ0) is 22.6. The van der Waals surface area contributed by atoms with Crippen molar-refractivity contribution < 1.29 is 0 Å². The summed E-state index contributed by atoms with van der Waals surface area (Å²) in [4.78, 5) is 13.5. The van der Waals surface area contributed by atoms with Crippen LogP contribution >= 0.6 is 0 Å². The van der Waals surface area contributed by atoms with Gasteiger partial charge < -0.3 is 4.57 Å². The molecule has 0 fully saturated rings. The predicted octanol–water partition coefficient (Wildman–Crippen LogP) is 7.66. The maximum Gasteiger partial charge on any atom is 0.259 e. The van der Waals surface area contributed by atoms with Crippen molar-refractivity contribution in [1.82, 2.24) is 4.57 Å². The maximum atomic E-state index is 13.5. The van der Waals surface area contributed by atoms with Crippen LogP contribution in [0.25, 0.3) is 54.0 Å². The van der Waals surface area contributed by atoms with E-state index in [-0.39, 0.29) is 5.56 Å². The van der Waals surface area contributed by atoms with Crippen LogP contribution in [0.5, 0.6) is 0 Å². The molecule has 0 unspecified atom stereocenters. The van der Waals surface area contributed by atoms with Gasteiger partial charge >= 0.3 is 0 Å². The molecule has 0 aliphatic heterocycles. The largest absolute Gasteiger partial charge is 0.303 e. The van der Waals surface area contributed by atoms with E-state index in [2.05, 4.69) is 72.8 Å². The molecule has 0 atom stereocenters. The van der Waals surface area contributed by atoms with Crippen molar-refractivity contribution in [2.45, 2.75) is 6.54 Å². The average Bonchev–Trinajstić information content (AvgIpc) is 2.90. The van der Waals surface area contributed by atoms with Crippen molar-refractivity contribution in [1.29, 1.82) is 0 Å². The monoisotopic (exact) mass is 435 g/mol. The summed E-state index contributed by atoms with van der Waals surface area (Å²) in [5.74, 6) is 0. The molecule has 0 saturated heterocycles. The van der Waals surface area contributed by atoms with Crippen LogP contribution in [-0.2, 0) is 6.54 Å². The van der Waals surface area contributed by atoms with Crippen molar-refractivity contribution in [3.8, 4) is 0 Å². The van der Waals surface area contributed by atoms with Gasteiger partial charge in [0.05, 0.1) is 12.1 Å². The van der Waals surface area contributed by atoms with Gasteiger partial charge in [-0.15, -0.1) is 0 Å². The summed E-state index contributed by atoms with van der Waals surface area (Å²) in [6.45, 7) is 0.532. The molecule has 2 nitrogen and oxygen atoms in total. The Kier molecular flexibility index (Phi) is 4.09. The Morgan fingerprint density at radius 1 is 0.471 bits per heavy atom. The normalized spacial score (nSPS) is 11.8. The Labute approximate surface area is 196 Å². The van der Waals surface area contributed by atoms with Crippen LogP contribution in [0.1, 0.15) is 5.56 Å². The molecule has 0 aliphatic carbocycles. The topological polar surface area (TPSA) is 22.0 Å². The van der Waals surface area contributed by atoms with Gasteiger partial charge in [-0.1, -0.05) is 84.9 Å². The molecule has 1 heterocycles. The zero-order valence-electron chi connectivity index (χ0n) is 18.5. The number of para-hydroxylation sites is 1. The molecule has 2 heteroatoms. The molecule has 6 aromatic carbocycles. The highest BCUT2D eigenvalue weighted by Gasteiger charge is 2.11. The summed E-state index contributed by atoms with van der Waals surface area (Å²) in [5.41, 5.74) is 2.14. The summed E-state index contributed by atoms with van der Waals surface area (Å²) in [6.07, 6.45) is 0. The van der Waals surface area contributed by atoms with Crippen LogP contribution in [0.15, 0.2) is 120 Å². The molecule has 7 rings (SSSR count). The highest BCUT2D eigenvalue weighted by Crippen LogP contribution is 2.31. The van der Waals surface area contributed by atoms with Gasteiger partial charge in [0.15, 0.2) is 0 Å². The Balaban J connectivity index is 1.46. The van der Waals surface area contributed by atoms with Crippen LogP contribution in [-0.4, -0.2) is 4.57 Å². The van der Waals surface area contributed by atoms with Crippen molar-refractivity contribution in [2.24, 2.45) is 0 Å². The predicted molar refractivity (Wildman–Crippen MR) is 144 cm³/mol. The lowest BCUT2D eigenvalue weighted by Crippen LogP contribution is -2.21. The average molecular weight is 436 g/mol. The van der Waals surface area contributed by atoms with Crippen LogP contribution in [0.4, 0.5) is 0 Å². The van der Waals surface area contributed by atoms with Gasteiger partial charge in [0.2, 0.25) is 0 Å². The van der Waals surface area contributed by atoms with Gasteiger partial charge in [-0.05, 0) is 73.6 Å². The van der Waals surface area contributed by atoms with Crippen molar-refractivity contribution in [3.63, 3.8) is 0 Å². The molecule has 0 N–H and O–H groups in total. The minimum absolute atomic E-state index is 0.0540. The Morgan fingerprint density at radius 2 is 1.09 bits per heavy atom. The van der Waals surface area contributed by atoms with Gasteiger partial charge in [-0.25, -0.2) is 0 Å². The minimum Gasteiger partial charge on any atom is -0.303 e. The fraction of sp³-hybridized carbons (Fsp3) is 0.0312. The SMILES string of the molecule is O=c1c2ccccc2c2ccccc2n1Cc1ccc2ccc3cc4ccccc4cc3c2c1. The van der Waals surface area contributed by atoms with Gasteiger partial charge in [0.1, 0.15) is 0 Å². The number of hydrogen-bond acceptors (Lipinski definition) is 1. The molecule has 0 bridgehead atoms. The van der Waals surface area contributed by atoms with Crippen molar-refractivity contribution in [2.75, 3.05) is 0 Å². The first-order chi connectivity index (χ1) is 16.8. The molecule has 0 spiro atoms. The van der Waals surface area contributed by atoms with E-state index in [1.807, 2.05) is 47.0 Å². The van der Waals surface area contributed by atoms with Crippen molar-refractivity contribution >= 4 is 54.0 Å². The standard InChI is InChI=1S/C32H21NO/c34-32-28-11-4-3-9-26(28)27-10-5-6-12-31(27)33(32)20-21-13-14-22-15-16-25-18-23-7-1-2-8-24(23)19-30(25)29(22)17-21/h1-19H,20H2. The molecule has 34 heavy (non-hydrogen) atoms. The van der Waals surface area contributed by atoms with E-state index in [9.17, 15) is 4.79 Å². The van der Waals surface area contributed by atoms with Gasteiger partial charge in [-0.3, -0.25) is 4.79 Å². The van der Waals surface area contributed by atoms with Crippen LogP contribution < -0.4 is 5.56 Å². The van der Waals surface area contributed by atoms with Crippen LogP contribution in [0.2, 0.25) is 0 Å². The third kappa shape index (κ3) is 2.85. The van der Waals surface area contributed by atoms with E-state index in [1.165, 1.54) is 32.3 Å². The third-order valence-electron chi connectivity index (χ3n) is 7.00. The Hall–Kier alpha value is -4.43. The summed E-state index contributed by atoms with van der Waals surface area (Å²) < 4.78 is 1.92. The molecule has 0 saturated carbocycles. The first kappa shape index (κ1) is 19.1. The zero-order valence-corrected chi connectivity index (χ0v) is 18.5. The van der Waals surface area contributed by atoms with Gasteiger partial charge in [-0.2, -0.15) is 0 Å². The molecule has 1 aromatic heterocycles. The second-order valence-corrected chi connectivity index (χ2v) is 9.00. The first-order valence-electron chi connectivity index (χ1n) is 11.6. The van der Waals surface area contributed by atoms with E-state index in [4.69, 9.17) is 0 Å². The maximum absolute atomic E-state index is 13.5. The second-order valence-electron chi connectivity index (χ2n) is 9.00. The minimum atomic E-state index is 0.0540. The number of rotatable bonds is 2. The summed E-state index contributed by atoms with van der Waals surface area (Å²) in [7, 11) is 0. The smallest absolute Gasteiger partial charge is 0.259 e. The van der Waals surface area contributed by atoms with E-state index in [0.717, 1.165) is 27.2 Å². The Morgan fingerprint density at radius 3 is 1.94 bits per heavy atom. The van der Waals surface area contributed by atoms with Crippen LogP contribution in [0.3, 0.4) is 0 Å². The number of hydrogen-bond donors (Lipinski definition) is 0. The van der Waals surface area contributed by atoms with Crippen molar-refractivity contribution in [3.05, 3.63) is 131 Å². The van der Waals surface area contributed by atoms with Gasteiger partial charge in [0, 0.05) is 10.8 Å². The van der Waals surface area contributed by atoms with E-state index in [1.54, 1.807) is 0 Å². The fourth-order valence-corrected chi connectivity index (χ4v) is 5.32. The molecular weight excluding hydrogens is 414 g/mol. The lowest BCUT2D eigenvalue weighted by Gasteiger charge is -2.14. The highest BCUT2D eigenvalue weighted by molar-refractivity contribution is 6.12. The van der Waals surface area contributed by atoms with E-state index < -0.39 is 0 Å². The fourth-order valence-electron chi connectivity index (χ4n) is 5.32. The molecule has 160 valence electrons. The number of aromatic nitrogens is 1. The lowest BCUT2D eigenvalue weighted by molar-refractivity contribution is 0.804. The quantitative estimate of drug-likeness (QED) is 0.202. The van der Waals surface area contributed by atoms with E-state index >= 15 is 0 Å². The molecule has 0 amide bonds. The van der Waals surface area contributed by atoms with E-state index in [0.29, 0.717) is 6.54 Å². The highest BCUT2D eigenvalue weighted by atomic mass is 16.1. The van der Waals surface area contributed by atoms with Gasteiger partial charge in [0.25, 0.3) is 5.56 Å². The first-order valence-corrected chi connectivity index (χ1v) is 11.6. The second kappa shape index (κ2) is 7.29. The molecule has 0 aliphatic rings. The summed E-state index contributed by atoms with van der Waals surface area (Å²) >= 11 is 0. The number of pyridine rings is 1. The molecule has 0 radical (unpaired) electrons. The summed E-state index contributed by atoms with van der Waals surface area (Å²) in [5, 5.41) is 10.3.